The molecule has 1 atom stereocenters. The number of nitrogens with one attached hydrogen (secondary N) is 3. The van der Waals surface area contributed by atoms with Gasteiger partial charge in [0.05, 0.1) is 13.0 Å². The minimum absolute atomic E-state index is 0.0209. The van der Waals surface area contributed by atoms with Crippen molar-refractivity contribution in [3.63, 3.8) is 0 Å². The van der Waals surface area contributed by atoms with E-state index in [-0.39, 0.29) is 30.7 Å². The normalized spacial score (nSPS) is 11.8. The Morgan fingerprint density at radius 2 is 1.66 bits per heavy atom. The molecule has 2 amide bonds. The molecule has 1 aromatic heterocycles. The highest BCUT2D eigenvalue weighted by atomic mass is 19.1. The van der Waals surface area contributed by atoms with Crippen molar-refractivity contribution in [2.24, 2.45) is 0 Å². The molecule has 0 saturated carbocycles. The second-order valence-corrected chi connectivity index (χ2v) is 7.64. The predicted molar refractivity (Wildman–Crippen MR) is 123 cm³/mol. The standard InChI is InChI=1S/C26H24FN3O2/c27-20-10-6-7-18(13-20)14-25(31)30-17-26(32)29-15-22(19-8-2-1-3-9-19)23-16-28-24-12-5-4-11-21(23)24/h1-13,16,22,28H,14-15,17H2,(H,29,32)(H,30,31). The monoisotopic (exact) mass is 429 g/mol. The van der Waals surface area contributed by atoms with Gasteiger partial charge in [-0.3, -0.25) is 9.59 Å². The second-order valence-electron chi connectivity index (χ2n) is 7.64. The van der Waals surface area contributed by atoms with Gasteiger partial charge in [-0.2, -0.15) is 0 Å². The number of rotatable bonds is 8. The van der Waals surface area contributed by atoms with Crippen LogP contribution in [0.5, 0.6) is 0 Å². The highest BCUT2D eigenvalue weighted by molar-refractivity contribution is 5.86. The van der Waals surface area contributed by atoms with Gasteiger partial charge >= 0.3 is 0 Å². The fraction of sp³-hybridized carbons (Fsp3) is 0.154. The van der Waals surface area contributed by atoms with Gasteiger partial charge in [-0.15, -0.1) is 0 Å². The SMILES string of the molecule is O=C(CNC(=O)Cc1cccc(F)c1)NCC(c1ccccc1)c1c[nH]c2ccccc12. The number of aromatic amines is 1. The Labute approximate surface area is 185 Å². The molecule has 0 saturated heterocycles. The number of benzene rings is 3. The first-order chi connectivity index (χ1) is 15.6. The summed E-state index contributed by atoms with van der Waals surface area (Å²) in [5.74, 6) is -1.04. The summed E-state index contributed by atoms with van der Waals surface area (Å²) >= 11 is 0. The van der Waals surface area contributed by atoms with Gasteiger partial charge in [-0.1, -0.05) is 60.7 Å². The summed E-state index contributed by atoms with van der Waals surface area (Å²) in [7, 11) is 0. The smallest absolute Gasteiger partial charge is 0.239 e. The van der Waals surface area contributed by atoms with Crippen LogP contribution in [0.4, 0.5) is 4.39 Å². The maximum atomic E-state index is 13.3. The predicted octanol–water partition coefficient (Wildman–Crippen LogP) is 3.91. The highest BCUT2D eigenvalue weighted by Crippen LogP contribution is 2.30. The van der Waals surface area contributed by atoms with Crippen molar-refractivity contribution in [3.8, 4) is 0 Å². The maximum Gasteiger partial charge on any atom is 0.239 e. The lowest BCUT2D eigenvalue weighted by molar-refractivity contribution is -0.125. The van der Waals surface area contributed by atoms with Gasteiger partial charge in [0.1, 0.15) is 5.82 Å². The lowest BCUT2D eigenvalue weighted by atomic mass is 9.91. The first-order valence-electron chi connectivity index (χ1n) is 10.5. The zero-order chi connectivity index (χ0) is 22.3. The first kappa shape index (κ1) is 21.3. The van der Waals surface area contributed by atoms with Crippen molar-refractivity contribution in [1.82, 2.24) is 15.6 Å². The van der Waals surface area contributed by atoms with E-state index in [4.69, 9.17) is 0 Å². The molecular weight excluding hydrogens is 405 g/mol. The fourth-order valence-electron chi connectivity index (χ4n) is 3.83. The molecule has 3 N–H and O–H groups in total. The molecule has 32 heavy (non-hydrogen) atoms. The third-order valence-corrected chi connectivity index (χ3v) is 5.40. The van der Waals surface area contributed by atoms with Crippen LogP contribution in [0, 0.1) is 5.82 Å². The number of para-hydroxylation sites is 1. The molecule has 0 bridgehead atoms. The fourth-order valence-corrected chi connectivity index (χ4v) is 3.83. The molecule has 1 heterocycles. The van der Waals surface area contributed by atoms with E-state index in [0.717, 1.165) is 22.0 Å². The van der Waals surface area contributed by atoms with E-state index in [1.54, 1.807) is 12.1 Å². The van der Waals surface area contributed by atoms with E-state index < -0.39 is 5.82 Å². The van der Waals surface area contributed by atoms with Crippen LogP contribution in [0.2, 0.25) is 0 Å². The number of amides is 2. The topological polar surface area (TPSA) is 74.0 Å². The summed E-state index contributed by atoms with van der Waals surface area (Å²) in [5, 5.41) is 6.64. The van der Waals surface area contributed by atoms with Crippen LogP contribution < -0.4 is 10.6 Å². The van der Waals surface area contributed by atoms with Gasteiger partial charge in [0, 0.05) is 29.6 Å². The van der Waals surface area contributed by atoms with E-state index in [0.29, 0.717) is 12.1 Å². The molecule has 4 rings (SSSR count). The maximum absolute atomic E-state index is 13.3. The van der Waals surface area contributed by atoms with Crippen molar-refractivity contribution in [3.05, 3.63) is 108 Å². The molecule has 162 valence electrons. The summed E-state index contributed by atoms with van der Waals surface area (Å²) < 4.78 is 13.3. The van der Waals surface area contributed by atoms with Gasteiger partial charge < -0.3 is 15.6 Å². The quantitative estimate of drug-likeness (QED) is 0.397. The number of aromatic nitrogens is 1. The van der Waals surface area contributed by atoms with E-state index in [9.17, 15) is 14.0 Å². The summed E-state index contributed by atoms with van der Waals surface area (Å²) in [6.07, 6.45) is 2.00. The van der Waals surface area contributed by atoms with Gasteiger partial charge in [0.25, 0.3) is 0 Å². The molecule has 0 aliphatic carbocycles. The summed E-state index contributed by atoms with van der Waals surface area (Å²) in [5.41, 5.74) is 3.79. The number of hydrogen-bond acceptors (Lipinski definition) is 2. The van der Waals surface area contributed by atoms with E-state index in [1.807, 2.05) is 54.7 Å². The van der Waals surface area contributed by atoms with Gasteiger partial charge in [0.2, 0.25) is 11.8 Å². The Morgan fingerprint density at radius 3 is 2.47 bits per heavy atom. The Hall–Kier alpha value is -3.93. The molecule has 1 unspecified atom stereocenters. The molecule has 0 aliphatic rings. The van der Waals surface area contributed by atoms with Crippen LogP contribution in [0.15, 0.2) is 85.1 Å². The minimum Gasteiger partial charge on any atom is -0.361 e. The first-order valence-corrected chi connectivity index (χ1v) is 10.5. The third-order valence-electron chi connectivity index (χ3n) is 5.40. The zero-order valence-electron chi connectivity index (χ0n) is 17.5. The van der Waals surface area contributed by atoms with Crippen molar-refractivity contribution in [2.75, 3.05) is 13.1 Å². The zero-order valence-corrected chi connectivity index (χ0v) is 17.5. The molecule has 3 aromatic carbocycles. The molecule has 5 nitrogen and oxygen atoms in total. The lowest BCUT2D eigenvalue weighted by Gasteiger charge is -2.18. The molecular formula is C26H24FN3O2. The van der Waals surface area contributed by atoms with Crippen LogP contribution in [0.1, 0.15) is 22.6 Å². The second kappa shape index (κ2) is 9.92. The largest absolute Gasteiger partial charge is 0.361 e. The summed E-state index contributed by atoms with van der Waals surface area (Å²) in [4.78, 5) is 27.8. The molecule has 0 spiro atoms. The number of fused-ring (bicyclic) bond motifs is 1. The Balaban J connectivity index is 1.39. The van der Waals surface area contributed by atoms with Crippen LogP contribution >= 0.6 is 0 Å². The molecule has 6 heteroatoms. The molecule has 0 fully saturated rings. The van der Waals surface area contributed by atoms with E-state index in [1.165, 1.54) is 12.1 Å². The Morgan fingerprint density at radius 1 is 0.875 bits per heavy atom. The summed E-state index contributed by atoms with van der Waals surface area (Å²) in [6, 6.07) is 23.9. The molecule has 0 radical (unpaired) electrons. The average Bonchev–Trinajstić information content (AvgIpc) is 3.23. The number of hydrogen-bond donors (Lipinski definition) is 3. The van der Waals surface area contributed by atoms with Gasteiger partial charge in [-0.05, 0) is 34.9 Å². The van der Waals surface area contributed by atoms with E-state index >= 15 is 0 Å². The van der Waals surface area contributed by atoms with E-state index in [2.05, 4.69) is 21.7 Å². The minimum atomic E-state index is -0.391. The number of H-pyrrole nitrogens is 1. The van der Waals surface area contributed by atoms with Crippen molar-refractivity contribution >= 4 is 22.7 Å². The van der Waals surface area contributed by atoms with Crippen LogP contribution in [0.25, 0.3) is 10.9 Å². The summed E-state index contributed by atoms with van der Waals surface area (Å²) in [6.45, 7) is 0.258. The average molecular weight is 429 g/mol. The number of carbonyl (C=O) groups is 2. The Bertz CT molecular complexity index is 1220. The third kappa shape index (κ3) is 5.21. The van der Waals surface area contributed by atoms with Crippen molar-refractivity contribution in [1.29, 1.82) is 0 Å². The van der Waals surface area contributed by atoms with Gasteiger partial charge in [-0.25, -0.2) is 4.39 Å². The molecule has 4 aromatic rings. The lowest BCUT2D eigenvalue weighted by Crippen LogP contribution is -2.39. The molecule has 0 aliphatic heterocycles. The van der Waals surface area contributed by atoms with Crippen LogP contribution in [-0.2, 0) is 16.0 Å². The number of carbonyl (C=O) groups excluding carboxylic acids is 2. The van der Waals surface area contributed by atoms with Gasteiger partial charge in [0.15, 0.2) is 0 Å². The number of halogens is 1. The van der Waals surface area contributed by atoms with Crippen molar-refractivity contribution in [2.45, 2.75) is 12.3 Å². The Kier molecular flexibility index (Phi) is 6.60. The van der Waals surface area contributed by atoms with Crippen molar-refractivity contribution < 1.29 is 14.0 Å². The van der Waals surface area contributed by atoms with Crippen LogP contribution in [-0.4, -0.2) is 29.9 Å². The van der Waals surface area contributed by atoms with Crippen LogP contribution in [0.3, 0.4) is 0 Å². The highest BCUT2D eigenvalue weighted by Gasteiger charge is 2.19.